The first kappa shape index (κ1) is 21.1. The van der Waals surface area contributed by atoms with Gasteiger partial charge in [0.15, 0.2) is 0 Å². The van der Waals surface area contributed by atoms with E-state index in [-0.39, 0.29) is 24.8 Å². The van der Waals surface area contributed by atoms with Gasteiger partial charge in [-0.2, -0.15) is 0 Å². The number of nitrogens with zero attached hydrogens (tertiary/aromatic N) is 1. The summed E-state index contributed by atoms with van der Waals surface area (Å²) in [4.78, 5) is 34.3. The molecule has 2 aromatic carbocycles. The molecule has 170 valence electrons. The number of carbonyl (C=O) groups excluding carboxylic acids is 2. The highest BCUT2D eigenvalue weighted by Gasteiger charge is 2.25. The highest BCUT2D eigenvalue weighted by atomic mass is 16.5. The van der Waals surface area contributed by atoms with E-state index in [0.29, 0.717) is 23.4 Å². The van der Waals surface area contributed by atoms with E-state index in [4.69, 9.17) is 9.47 Å². The fourth-order valence-corrected chi connectivity index (χ4v) is 4.52. The zero-order valence-corrected chi connectivity index (χ0v) is 18.7. The highest BCUT2D eigenvalue weighted by Crippen LogP contribution is 2.32. The van der Waals surface area contributed by atoms with Crippen LogP contribution in [0.15, 0.2) is 42.5 Å². The molecular weight excluding hydrogens is 420 g/mol. The summed E-state index contributed by atoms with van der Waals surface area (Å²) in [6.45, 7) is 3.68. The van der Waals surface area contributed by atoms with Crippen molar-refractivity contribution >= 4 is 39.4 Å². The van der Waals surface area contributed by atoms with Crippen molar-refractivity contribution in [3.8, 4) is 5.75 Å². The average molecular weight is 447 g/mol. The number of aromatic amines is 2. The van der Waals surface area contributed by atoms with E-state index >= 15 is 0 Å². The topological polar surface area (TPSA) is 99.5 Å². The van der Waals surface area contributed by atoms with Crippen molar-refractivity contribution in [1.82, 2.24) is 14.9 Å². The van der Waals surface area contributed by atoms with Gasteiger partial charge in [-0.1, -0.05) is 18.2 Å². The first-order valence-electron chi connectivity index (χ1n) is 11.0. The Morgan fingerprint density at radius 1 is 1.09 bits per heavy atom. The van der Waals surface area contributed by atoms with Gasteiger partial charge < -0.3 is 24.8 Å². The van der Waals surface area contributed by atoms with Gasteiger partial charge in [-0.3, -0.25) is 9.69 Å². The van der Waals surface area contributed by atoms with Crippen LogP contribution in [0.5, 0.6) is 5.75 Å². The summed E-state index contributed by atoms with van der Waals surface area (Å²) < 4.78 is 10.5. The number of methoxy groups -OCH3 is 1. The minimum Gasteiger partial charge on any atom is -0.497 e. The largest absolute Gasteiger partial charge is 0.497 e. The van der Waals surface area contributed by atoms with Crippen LogP contribution in [0.2, 0.25) is 0 Å². The average Bonchev–Trinajstić information content (AvgIpc) is 3.37. The van der Waals surface area contributed by atoms with E-state index in [1.165, 1.54) is 16.6 Å². The molecule has 5 rings (SSSR count). The van der Waals surface area contributed by atoms with Crippen molar-refractivity contribution in [3.63, 3.8) is 0 Å². The number of hydrogen-bond acceptors (Lipinski definition) is 5. The number of esters is 1. The molecule has 8 nitrogen and oxygen atoms in total. The Kier molecular flexibility index (Phi) is 5.51. The summed E-state index contributed by atoms with van der Waals surface area (Å²) in [6, 6.07) is 13.6. The third-order valence-corrected chi connectivity index (χ3v) is 6.08. The Bertz CT molecular complexity index is 1350. The SMILES string of the molecule is CCOC(=O)c1[nH]c2ccc(OC)cc2c1NC(=O)CN1CCc2[nH]c3ccccc3c2C1. The number of H-pyrrole nitrogens is 2. The first-order chi connectivity index (χ1) is 16.1. The van der Waals surface area contributed by atoms with Gasteiger partial charge in [-0.25, -0.2) is 4.79 Å². The van der Waals surface area contributed by atoms with E-state index in [9.17, 15) is 9.59 Å². The molecule has 4 aromatic rings. The number of anilines is 1. The molecule has 33 heavy (non-hydrogen) atoms. The molecule has 0 saturated carbocycles. The number of ether oxygens (including phenoxy) is 2. The molecule has 8 heteroatoms. The third-order valence-electron chi connectivity index (χ3n) is 6.08. The molecule has 2 aromatic heterocycles. The van der Waals surface area contributed by atoms with E-state index in [0.717, 1.165) is 24.0 Å². The summed E-state index contributed by atoms with van der Waals surface area (Å²) in [5.74, 6) is -0.0627. The number of aromatic nitrogens is 2. The van der Waals surface area contributed by atoms with Gasteiger partial charge in [0.1, 0.15) is 11.4 Å². The molecule has 0 bridgehead atoms. The number of para-hydroxylation sites is 1. The van der Waals surface area contributed by atoms with Crippen LogP contribution >= 0.6 is 0 Å². The maximum atomic E-state index is 13.1. The molecule has 0 aliphatic carbocycles. The van der Waals surface area contributed by atoms with Crippen LogP contribution < -0.4 is 10.1 Å². The predicted molar refractivity (Wildman–Crippen MR) is 127 cm³/mol. The Labute approximate surface area is 190 Å². The monoisotopic (exact) mass is 446 g/mol. The second-order valence-corrected chi connectivity index (χ2v) is 8.14. The summed E-state index contributed by atoms with van der Waals surface area (Å²) in [5, 5.41) is 4.85. The van der Waals surface area contributed by atoms with Gasteiger partial charge in [-0.15, -0.1) is 0 Å². The number of nitrogens with one attached hydrogen (secondary N) is 3. The summed E-state index contributed by atoms with van der Waals surface area (Å²) >= 11 is 0. The van der Waals surface area contributed by atoms with E-state index in [2.05, 4.69) is 32.3 Å². The van der Waals surface area contributed by atoms with Crippen molar-refractivity contribution in [2.24, 2.45) is 0 Å². The lowest BCUT2D eigenvalue weighted by Gasteiger charge is -2.26. The lowest BCUT2D eigenvalue weighted by atomic mass is 10.0. The molecule has 0 fully saturated rings. The van der Waals surface area contributed by atoms with Gasteiger partial charge in [0.2, 0.25) is 5.91 Å². The number of rotatable bonds is 6. The summed E-state index contributed by atoms with van der Waals surface area (Å²) in [5.41, 5.74) is 4.97. The van der Waals surface area contributed by atoms with E-state index < -0.39 is 5.97 Å². The quantitative estimate of drug-likeness (QED) is 0.391. The van der Waals surface area contributed by atoms with E-state index in [1.807, 2.05) is 18.2 Å². The highest BCUT2D eigenvalue weighted by molar-refractivity contribution is 6.11. The van der Waals surface area contributed by atoms with Crippen molar-refractivity contribution < 1.29 is 19.1 Å². The summed E-state index contributed by atoms with van der Waals surface area (Å²) in [6.07, 6.45) is 0.857. The Morgan fingerprint density at radius 2 is 1.91 bits per heavy atom. The molecule has 0 spiro atoms. The normalized spacial score (nSPS) is 13.8. The predicted octanol–water partition coefficient (Wildman–Crippen LogP) is 3.83. The van der Waals surface area contributed by atoms with Crippen LogP contribution in [-0.4, -0.2) is 53.6 Å². The van der Waals surface area contributed by atoms with Crippen LogP contribution in [0.4, 0.5) is 5.69 Å². The zero-order valence-electron chi connectivity index (χ0n) is 18.7. The van der Waals surface area contributed by atoms with Crippen molar-refractivity contribution in [3.05, 3.63) is 59.4 Å². The molecule has 3 N–H and O–H groups in total. The molecule has 3 heterocycles. The second kappa shape index (κ2) is 8.63. The summed E-state index contributed by atoms with van der Waals surface area (Å²) in [7, 11) is 1.58. The fraction of sp³-hybridized carbons (Fsp3) is 0.280. The lowest BCUT2D eigenvalue weighted by molar-refractivity contribution is -0.117. The third kappa shape index (κ3) is 3.93. The molecule has 0 saturated heterocycles. The maximum Gasteiger partial charge on any atom is 0.356 e. The van der Waals surface area contributed by atoms with Crippen LogP contribution in [0, 0.1) is 0 Å². The van der Waals surface area contributed by atoms with Crippen molar-refractivity contribution in [1.29, 1.82) is 0 Å². The van der Waals surface area contributed by atoms with Crippen LogP contribution in [0.3, 0.4) is 0 Å². The number of hydrogen-bond donors (Lipinski definition) is 3. The Balaban J connectivity index is 1.38. The zero-order chi connectivity index (χ0) is 22.9. The molecule has 1 amide bonds. The minimum absolute atomic E-state index is 0.187. The standard InChI is InChI=1S/C25H26N4O4/c1-3-33-25(31)24-23(17-12-15(32-2)8-9-20(17)27-24)28-22(30)14-29-11-10-21-18(13-29)16-6-4-5-7-19(16)26-21/h4-9,12,26-27H,3,10-11,13-14H2,1-2H3,(H,28,30). The molecule has 0 atom stereocenters. The van der Waals surface area contributed by atoms with Crippen LogP contribution in [0.25, 0.3) is 21.8 Å². The van der Waals surface area contributed by atoms with Crippen molar-refractivity contribution in [2.75, 3.05) is 32.1 Å². The van der Waals surface area contributed by atoms with Gasteiger partial charge in [0.25, 0.3) is 0 Å². The van der Waals surface area contributed by atoms with Gasteiger partial charge >= 0.3 is 5.97 Å². The van der Waals surface area contributed by atoms with E-state index in [1.54, 1.807) is 26.2 Å². The number of benzene rings is 2. The molecule has 1 aliphatic heterocycles. The van der Waals surface area contributed by atoms with Crippen molar-refractivity contribution in [2.45, 2.75) is 19.9 Å². The molecule has 1 aliphatic rings. The smallest absolute Gasteiger partial charge is 0.356 e. The first-order valence-corrected chi connectivity index (χ1v) is 11.0. The van der Waals surface area contributed by atoms with Gasteiger partial charge in [0.05, 0.1) is 25.9 Å². The molecule has 0 radical (unpaired) electrons. The number of amides is 1. The van der Waals surface area contributed by atoms with Crippen LogP contribution in [-0.2, 0) is 22.5 Å². The van der Waals surface area contributed by atoms with Gasteiger partial charge in [-0.05, 0) is 36.8 Å². The maximum absolute atomic E-state index is 13.1. The lowest BCUT2D eigenvalue weighted by Crippen LogP contribution is -2.37. The second-order valence-electron chi connectivity index (χ2n) is 8.14. The Morgan fingerprint density at radius 3 is 2.73 bits per heavy atom. The Hall–Kier alpha value is -3.78. The minimum atomic E-state index is -0.510. The molecule has 0 unspecified atom stereocenters. The van der Waals surface area contributed by atoms with Crippen LogP contribution in [0.1, 0.15) is 28.7 Å². The fourth-order valence-electron chi connectivity index (χ4n) is 4.52. The van der Waals surface area contributed by atoms with Gasteiger partial charge in [0, 0.05) is 47.0 Å². The number of carbonyl (C=O) groups is 2. The molecular formula is C25H26N4O4. The number of fused-ring (bicyclic) bond motifs is 4.